The van der Waals surface area contributed by atoms with Crippen molar-refractivity contribution in [1.29, 1.82) is 0 Å². The van der Waals surface area contributed by atoms with Gasteiger partial charge in [0.25, 0.3) is 0 Å². The van der Waals surface area contributed by atoms with E-state index in [1.54, 1.807) is 7.11 Å². The quantitative estimate of drug-likeness (QED) is 0.424. The third-order valence-electron chi connectivity index (χ3n) is 3.83. The number of nitrogens with one attached hydrogen (secondary N) is 1. The summed E-state index contributed by atoms with van der Waals surface area (Å²) < 4.78 is 10.4. The van der Waals surface area contributed by atoms with Crippen LogP contribution in [-0.2, 0) is 22.6 Å². The van der Waals surface area contributed by atoms with Crippen LogP contribution in [0.2, 0.25) is 0 Å². The summed E-state index contributed by atoms with van der Waals surface area (Å²) in [5.41, 5.74) is 8.21. The molecule has 0 spiro atoms. The van der Waals surface area contributed by atoms with Crippen LogP contribution in [-0.4, -0.2) is 57.4 Å². The van der Waals surface area contributed by atoms with Gasteiger partial charge in [-0.1, -0.05) is 24.3 Å². The second-order valence-corrected chi connectivity index (χ2v) is 5.69. The summed E-state index contributed by atoms with van der Waals surface area (Å²) in [4.78, 5) is 6.79. The van der Waals surface area contributed by atoms with Crippen LogP contribution in [0.4, 0.5) is 0 Å². The van der Waals surface area contributed by atoms with Gasteiger partial charge in [0.15, 0.2) is 5.96 Å². The molecule has 0 radical (unpaired) electrons. The number of morpholine rings is 1. The number of nitrogens with zero attached hydrogens (tertiary/aromatic N) is 2. The molecule has 0 bridgehead atoms. The number of guanidine groups is 1. The number of rotatable bonds is 8. The van der Waals surface area contributed by atoms with Crippen LogP contribution in [0.15, 0.2) is 29.3 Å². The molecule has 1 heterocycles. The molecule has 1 aromatic rings. The first kappa shape index (κ1) is 17.7. The van der Waals surface area contributed by atoms with E-state index in [-0.39, 0.29) is 0 Å². The van der Waals surface area contributed by atoms with Crippen molar-refractivity contribution in [3.05, 3.63) is 35.4 Å². The van der Waals surface area contributed by atoms with E-state index in [1.807, 2.05) is 0 Å². The normalized spacial score (nSPS) is 16.5. The van der Waals surface area contributed by atoms with Crippen LogP contribution >= 0.6 is 0 Å². The Labute approximate surface area is 138 Å². The van der Waals surface area contributed by atoms with E-state index < -0.39 is 0 Å². The Morgan fingerprint density at radius 3 is 2.65 bits per heavy atom. The molecule has 2 rings (SSSR count). The van der Waals surface area contributed by atoms with Gasteiger partial charge in [-0.2, -0.15) is 0 Å². The summed E-state index contributed by atoms with van der Waals surface area (Å²) >= 11 is 0. The first-order valence-corrected chi connectivity index (χ1v) is 8.18. The molecular formula is C17H28N4O2. The summed E-state index contributed by atoms with van der Waals surface area (Å²) in [5.74, 6) is 0.507. The van der Waals surface area contributed by atoms with Crippen LogP contribution in [0.3, 0.4) is 0 Å². The maximum absolute atomic E-state index is 5.90. The zero-order valence-corrected chi connectivity index (χ0v) is 14.0. The molecule has 3 N–H and O–H groups in total. The first-order valence-electron chi connectivity index (χ1n) is 8.18. The van der Waals surface area contributed by atoms with E-state index in [2.05, 4.69) is 39.5 Å². The minimum Gasteiger partial charge on any atom is -0.380 e. The Hall–Kier alpha value is -1.63. The minimum atomic E-state index is 0.507. The van der Waals surface area contributed by atoms with Gasteiger partial charge in [-0.25, -0.2) is 4.99 Å². The lowest BCUT2D eigenvalue weighted by atomic mass is 10.1. The minimum absolute atomic E-state index is 0.507. The van der Waals surface area contributed by atoms with E-state index >= 15 is 0 Å². The topological polar surface area (TPSA) is 72.1 Å². The Kier molecular flexibility index (Phi) is 7.86. The summed E-state index contributed by atoms with van der Waals surface area (Å²) in [5, 5.41) is 3.17. The lowest BCUT2D eigenvalue weighted by Crippen LogP contribution is -2.39. The average Bonchev–Trinajstić information content (AvgIpc) is 2.59. The molecule has 1 aromatic carbocycles. The standard InChI is InChI=1S/C17H28N4O2/c1-22-14-16-5-3-15(4-6-16)13-20-17(18)19-7-2-8-21-9-11-23-12-10-21/h3-6H,2,7-14H2,1H3,(H3,18,19,20). The number of nitrogens with two attached hydrogens (primary N) is 1. The Morgan fingerprint density at radius 1 is 1.26 bits per heavy atom. The van der Waals surface area contributed by atoms with E-state index in [1.165, 1.54) is 0 Å². The molecule has 1 saturated heterocycles. The molecule has 1 aliphatic heterocycles. The van der Waals surface area contributed by atoms with Crippen molar-refractivity contribution in [2.24, 2.45) is 10.7 Å². The molecule has 0 atom stereocenters. The van der Waals surface area contributed by atoms with Crippen molar-refractivity contribution in [2.45, 2.75) is 19.6 Å². The molecule has 0 aliphatic carbocycles. The third-order valence-corrected chi connectivity index (χ3v) is 3.83. The lowest BCUT2D eigenvalue weighted by Gasteiger charge is -2.26. The lowest BCUT2D eigenvalue weighted by molar-refractivity contribution is 0.0376. The van der Waals surface area contributed by atoms with E-state index in [0.29, 0.717) is 19.1 Å². The summed E-state index contributed by atoms with van der Waals surface area (Å²) in [6, 6.07) is 8.23. The molecule has 6 heteroatoms. The number of methoxy groups -OCH3 is 1. The van der Waals surface area contributed by atoms with Crippen molar-refractivity contribution >= 4 is 5.96 Å². The predicted molar refractivity (Wildman–Crippen MR) is 92.4 cm³/mol. The zero-order valence-electron chi connectivity index (χ0n) is 14.0. The third kappa shape index (κ3) is 6.99. The van der Waals surface area contributed by atoms with Gasteiger partial charge in [0.2, 0.25) is 0 Å². The number of hydrogen-bond acceptors (Lipinski definition) is 4. The van der Waals surface area contributed by atoms with Crippen molar-refractivity contribution in [3.63, 3.8) is 0 Å². The van der Waals surface area contributed by atoms with Gasteiger partial charge in [-0.15, -0.1) is 0 Å². The highest BCUT2D eigenvalue weighted by atomic mass is 16.5. The summed E-state index contributed by atoms with van der Waals surface area (Å²) in [7, 11) is 1.70. The number of benzene rings is 1. The maximum Gasteiger partial charge on any atom is 0.188 e. The van der Waals surface area contributed by atoms with Gasteiger partial charge in [0, 0.05) is 26.7 Å². The fourth-order valence-electron chi connectivity index (χ4n) is 2.48. The van der Waals surface area contributed by atoms with Crippen LogP contribution in [0.25, 0.3) is 0 Å². The highest BCUT2D eigenvalue weighted by molar-refractivity contribution is 5.77. The van der Waals surface area contributed by atoms with Crippen LogP contribution in [0.5, 0.6) is 0 Å². The second kappa shape index (κ2) is 10.2. The molecule has 23 heavy (non-hydrogen) atoms. The molecule has 128 valence electrons. The van der Waals surface area contributed by atoms with Crippen molar-refractivity contribution in [3.8, 4) is 0 Å². The molecule has 0 unspecified atom stereocenters. The highest BCUT2D eigenvalue weighted by Crippen LogP contribution is 2.06. The van der Waals surface area contributed by atoms with Gasteiger partial charge < -0.3 is 20.5 Å². The van der Waals surface area contributed by atoms with Crippen LogP contribution in [0, 0.1) is 0 Å². The van der Waals surface area contributed by atoms with E-state index in [4.69, 9.17) is 15.2 Å². The monoisotopic (exact) mass is 320 g/mol. The van der Waals surface area contributed by atoms with Gasteiger partial charge >= 0.3 is 0 Å². The van der Waals surface area contributed by atoms with Crippen LogP contribution < -0.4 is 11.1 Å². The van der Waals surface area contributed by atoms with Crippen molar-refractivity contribution < 1.29 is 9.47 Å². The second-order valence-electron chi connectivity index (χ2n) is 5.69. The predicted octanol–water partition coefficient (Wildman–Crippen LogP) is 0.960. The van der Waals surface area contributed by atoms with Gasteiger partial charge in [0.05, 0.1) is 26.4 Å². The molecule has 0 amide bonds. The molecule has 1 aliphatic rings. The largest absolute Gasteiger partial charge is 0.380 e. The van der Waals surface area contributed by atoms with E-state index in [0.717, 1.165) is 56.9 Å². The zero-order chi connectivity index (χ0) is 16.3. The van der Waals surface area contributed by atoms with Gasteiger partial charge in [0.1, 0.15) is 0 Å². The first-order chi connectivity index (χ1) is 11.3. The molecule has 0 aromatic heterocycles. The maximum atomic E-state index is 5.90. The SMILES string of the molecule is COCc1ccc(CN=C(N)NCCCN2CCOCC2)cc1. The Balaban J connectivity index is 1.62. The van der Waals surface area contributed by atoms with Crippen LogP contribution in [0.1, 0.15) is 17.5 Å². The molecular weight excluding hydrogens is 292 g/mol. The fourth-order valence-corrected chi connectivity index (χ4v) is 2.48. The van der Waals surface area contributed by atoms with E-state index in [9.17, 15) is 0 Å². The molecule has 1 fully saturated rings. The number of hydrogen-bond donors (Lipinski definition) is 2. The average molecular weight is 320 g/mol. The van der Waals surface area contributed by atoms with Gasteiger partial charge in [-0.3, -0.25) is 4.90 Å². The summed E-state index contributed by atoms with van der Waals surface area (Å²) in [6.07, 6.45) is 1.06. The van der Waals surface area contributed by atoms with Crippen molar-refractivity contribution in [2.75, 3.05) is 46.5 Å². The molecule has 6 nitrogen and oxygen atoms in total. The fraction of sp³-hybridized carbons (Fsp3) is 0.588. The summed E-state index contributed by atoms with van der Waals surface area (Å²) in [6.45, 7) is 6.90. The Bertz CT molecular complexity index is 470. The smallest absolute Gasteiger partial charge is 0.188 e. The van der Waals surface area contributed by atoms with Crippen molar-refractivity contribution in [1.82, 2.24) is 10.2 Å². The Morgan fingerprint density at radius 2 is 1.96 bits per heavy atom. The van der Waals surface area contributed by atoms with Gasteiger partial charge in [-0.05, 0) is 24.1 Å². The number of aliphatic imine (C=N–C) groups is 1. The number of ether oxygens (including phenoxy) is 2. The highest BCUT2D eigenvalue weighted by Gasteiger charge is 2.08. The molecule has 0 saturated carbocycles.